The minimum atomic E-state index is -0.297. The third kappa shape index (κ3) is 8.26. The van der Waals surface area contributed by atoms with E-state index < -0.39 is 0 Å². The maximum atomic E-state index is 12.4. The van der Waals surface area contributed by atoms with Crippen molar-refractivity contribution < 1.29 is 9.59 Å². The van der Waals surface area contributed by atoms with E-state index in [4.69, 9.17) is 0 Å². The summed E-state index contributed by atoms with van der Waals surface area (Å²) in [5.41, 5.74) is 4.32. The van der Waals surface area contributed by atoms with Crippen molar-refractivity contribution in [1.82, 2.24) is 10.6 Å². The standard InChI is InChI=1S/C27H34N6O2/c1-21-14-15-22(30-26(34)28-16-18-32(2)23-10-6-4-7-11-23)20-25(21)31-27(35)29-17-19-33(3)24-12-8-5-9-13-24/h4-15,20H,16-19H2,1-3H3,(H2,28,30,34)(H2,29,31,35). The Bertz CT molecular complexity index is 1090. The summed E-state index contributed by atoms with van der Waals surface area (Å²) in [6, 6.07) is 24.8. The summed E-state index contributed by atoms with van der Waals surface area (Å²) in [6.45, 7) is 4.25. The summed E-state index contributed by atoms with van der Waals surface area (Å²) in [4.78, 5) is 28.9. The summed E-state index contributed by atoms with van der Waals surface area (Å²) in [7, 11) is 3.97. The van der Waals surface area contributed by atoms with Gasteiger partial charge in [0, 0.05) is 63.0 Å². The van der Waals surface area contributed by atoms with E-state index in [0.29, 0.717) is 37.6 Å². The van der Waals surface area contributed by atoms with E-state index in [2.05, 4.69) is 31.1 Å². The molecule has 0 heterocycles. The number of carbonyl (C=O) groups excluding carboxylic acids is 2. The molecule has 3 aromatic carbocycles. The van der Waals surface area contributed by atoms with Gasteiger partial charge in [-0.1, -0.05) is 42.5 Å². The van der Waals surface area contributed by atoms with Gasteiger partial charge >= 0.3 is 12.1 Å². The lowest BCUT2D eigenvalue weighted by Crippen LogP contribution is -2.36. The van der Waals surface area contributed by atoms with Crippen LogP contribution in [-0.4, -0.2) is 52.3 Å². The number of hydrogen-bond acceptors (Lipinski definition) is 4. The number of benzene rings is 3. The molecule has 0 aromatic heterocycles. The van der Waals surface area contributed by atoms with Gasteiger partial charge in [-0.3, -0.25) is 0 Å². The molecule has 8 heteroatoms. The number of carbonyl (C=O) groups is 2. The molecule has 0 fully saturated rings. The molecule has 0 unspecified atom stereocenters. The van der Waals surface area contributed by atoms with Crippen LogP contribution in [0, 0.1) is 6.92 Å². The maximum Gasteiger partial charge on any atom is 0.319 e. The van der Waals surface area contributed by atoms with Crippen LogP contribution in [0.25, 0.3) is 0 Å². The molecule has 4 N–H and O–H groups in total. The second kappa shape index (κ2) is 12.9. The fourth-order valence-electron chi connectivity index (χ4n) is 3.47. The van der Waals surface area contributed by atoms with Gasteiger partial charge in [-0.15, -0.1) is 0 Å². The lowest BCUT2D eigenvalue weighted by molar-refractivity contribution is 0.251. The van der Waals surface area contributed by atoms with Crippen LogP contribution in [0.3, 0.4) is 0 Å². The molecule has 0 spiro atoms. The number of anilines is 4. The number of para-hydroxylation sites is 2. The van der Waals surface area contributed by atoms with E-state index in [1.54, 1.807) is 6.07 Å². The molecule has 0 aliphatic heterocycles. The SMILES string of the molecule is Cc1ccc(NC(=O)NCCN(C)c2ccccc2)cc1NC(=O)NCCN(C)c1ccccc1. The first kappa shape index (κ1) is 25.4. The Labute approximate surface area is 207 Å². The molecule has 0 aliphatic rings. The van der Waals surface area contributed by atoms with Gasteiger partial charge in [-0.2, -0.15) is 0 Å². The summed E-state index contributed by atoms with van der Waals surface area (Å²) >= 11 is 0. The predicted octanol–water partition coefficient (Wildman–Crippen LogP) is 4.51. The van der Waals surface area contributed by atoms with E-state index in [9.17, 15) is 9.59 Å². The van der Waals surface area contributed by atoms with Crippen molar-refractivity contribution in [3.8, 4) is 0 Å². The van der Waals surface area contributed by atoms with Crippen LogP contribution >= 0.6 is 0 Å². The van der Waals surface area contributed by atoms with Crippen molar-refractivity contribution >= 4 is 34.8 Å². The Hall–Kier alpha value is -4.20. The van der Waals surface area contributed by atoms with Crippen molar-refractivity contribution in [3.05, 3.63) is 84.4 Å². The van der Waals surface area contributed by atoms with Crippen LogP contribution in [0.15, 0.2) is 78.9 Å². The number of rotatable bonds is 10. The third-order valence-electron chi connectivity index (χ3n) is 5.60. The number of nitrogens with zero attached hydrogens (tertiary/aromatic N) is 2. The molecule has 0 saturated heterocycles. The van der Waals surface area contributed by atoms with Gasteiger partial charge in [-0.25, -0.2) is 9.59 Å². The summed E-state index contributed by atoms with van der Waals surface area (Å²) in [5.74, 6) is 0. The van der Waals surface area contributed by atoms with Crippen molar-refractivity contribution in [2.75, 3.05) is 60.7 Å². The van der Waals surface area contributed by atoms with Crippen molar-refractivity contribution in [2.45, 2.75) is 6.92 Å². The van der Waals surface area contributed by atoms with Crippen LogP contribution in [0.4, 0.5) is 32.3 Å². The van der Waals surface area contributed by atoms with E-state index in [0.717, 1.165) is 16.9 Å². The highest BCUT2D eigenvalue weighted by atomic mass is 16.2. The molecular formula is C27H34N6O2. The Morgan fingerprint density at radius 2 is 1.17 bits per heavy atom. The van der Waals surface area contributed by atoms with Gasteiger partial charge in [0.25, 0.3) is 0 Å². The van der Waals surface area contributed by atoms with Crippen molar-refractivity contribution in [3.63, 3.8) is 0 Å². The molecule has 0 radical (unpaired) electrons. The van der Waals surface area contributed by atoms with Gasteiger partial charge < -0.3 is 31.1 Å². The van der Waals surface area contributed by atoms with Crippen LogP contribution < -0.4 is 31.1 Å². The molecule has 3 aromatic rings. The highest BCUT2D eigenvalue weighted by Gasteiger charge is 2.09. The molecule has 184 valence electrons. The Morgan fingerprint density at radius 3 is 1.69 bits per heavy atom. The smallest absolute Gasteiger partial charge is 0.319 e. The van der Waals surface area contributed by atoms with Crippen LogP contribution in [0.2, 0.25) is 0 Å². The predicted molar refractivity (Wildman–Crippen MR) is 145 cm³/mol. The van der Waals surface area contributed by atoms with Crippen LogP contribution in [0.1, 0.15) is 5.56 Å². The minimum Gasteiger partial charge on any atom is -0.373 e. The van der Waals surface area contributed by atoms with Gasteiger partial charge in [0.1, 0.15) is 0 Å². The third-order valence-corrected chi connectivity index (χ3v) is 5.60. The van der Waals surface area contributed by atoms with E-state index >= 15 is 0 Å². The number of hydrogen-bond donors (Lipinski definition) is 4. The molecule has 0 atom stereocenters. The number of urea groups is 2. The summed E-state index contributed by atoms with van der Waals surface area (Å²) in [5, 5.41) is 11.4. The van der Waals surface area contributed by atoms with Gasteiger partial charge in [0.05, 0.1) is 0 Å². The highest BCUT2D eigenvalue weighted by molar-refractivity contribution is 5.93. The fraction of sp³-hybridized carbons (Fsp3) is 0.259. The monoisotopic (exact) mass is 474 g/mol. The molecule has 0 bridgehead atoms. The zero-order chi connectivity index (χ0) is 25.0. The second-order valence-corrected chi connectivity index (χ2v) is 8.31. The van der Waals surface area contributed by atoms with Crippen molar-refractivity contribution in [2.24, 2.45) is 0 Å². The first-order chi connectivity index (χ1) is 16.9. The molecule has 8 nitrogen and oxygen atoms in total. The molecule has 3 rings (SSSR count). The zero-order valence-corrected chi connectivity index (χ0v) is 20.5. The topological polar surface area (TPSA) is 88.7 Å². The number of nitrogens with one attached hydrogen (secondary N) is 4. The number of amides is 4. The van der Waals surface area contributed by atoms with E-state index in [1.165, 1.54) is 0 Å². The average molecular weight is 475 g/mol. The van der Waals surface area contributed by atoms with Gasteiger partial charge in [0.15, 0.2) is 0 Å². The minimum absolute atomic E-state index is 0.292. The quantitative estimate of drug-likeness (QED) is 0.348. The average Bonchev–Trinajstić information content (AvgIpc) is 2.87. The Kier molecular flexibility index (Phi) is 9.36. The van der Waals surface area contributed by atoms with Crippen molar-refractivity contribution in [1.29, 1.82) is 0 Å². The Balaban J connectivity index is 1.42. The summed E-state index contributed by atoms with van der Waals surface area (Å²) in [6.07, 6.45) is 0. The van der Waals surface area contributed by atoms with E-state index in [1.807, 2.05) is 93.8 Å². The lowest BCUT2D eigenvalue weighted by atomic mass is 10.2. The second-order valence-electron chi connectivity index (χ2n) is 8.31. The van der Waals surface area contributed by atoms with Crippen LogP contribution in [0.5, 0.6) is 0 Å². The van der Waals surface area contributed by atoms with Gasteiger partial charge in [-0.05, 0) is 48.9 Å². The fourth-order valence-corrected chi connectivity index (χ4v) is 3.47. The molecule has 35 heavy (non-hydrogen) atoms. The number of aryl methyl sites for hydroxylation is 1. The maximum absolute atomic E-state index is 12.4. The largest absolute Gasteiger partial charge is 0.373 e. The van der Waals surface area contributed by atoms with Gasteiger partial charge in [0.2, 0.25) is 0 Å². The first-order valence-corrected chi connectivity index (χ1v) is 11.6. The Morgan fingerprint density at radius 1 is 0.686 bits per heavy atom. The highest BCUT2D eigenvalue weighted by Crippen LogP contribution is 2.20. The molecule has 0 saturated carbocycles. The zero-order valence-electron chi connectivity index (χ0n) is 20.5. The molecule has 4 amide bonds. The normalized spacial score (nSPS) is 10.3. The van der Waals surface area contributed by atoms with E-state index in [-0.39, 0.29) is 12.1 Å². The lowest BCUT2D eigenvalue weighted by Gasteiger charge is -2.20. The number of likely N-dealkylation sites (N-methyl/N-ethyl adjacent to an activating group) is 2. The molecule has 0 aliphatic carbocycles. The van der Waals surface area contributed by atoms with Crippen LogP contribution in [-0.2, 0) is 0 Å². The summed E-state index contributed by atoms with van der Waals surface area (Å²) < 4.78 is 0. The molecular weight excluding hydrogens is 440 g/mol. The first-order valence-electron chi connectivity index (χ1n) is 11.6.